The van der Waals surface area contributed by atoms with Crippen molar-refractivity contribution in [1.29, 1.82) is 0 Å². The fourth-order valence-corrected chi connectivity index (χ4v) is 6.76. The number of aromatic amines is 1. The molecule has 7 rings (SSSR count). The van der Waals surface area contributed by atoms with E-state index in [9.17, 15) is 0 Å². The van der Waals surface area contributed by atoms with E-state index in [4.69, 9.17) is 0 Å². The van der Waals surface area contributed by atoms with E-state index in [1.807, 2.05) is 11.8 Å². The minimum atomic E-state index is -0.384. The summed E-state index contributed by atoms with van der Waals surface area (Å²) in [5, 5.41) is 2.56. The highest BCUT2D eigenvalue weighted by Crippen LogP contribution is 2.56. The third-order valence-electron chi connectivity index (χ3n) is 6.93. The summed E-state index contributed by atoms with van der Waals surface area (Å²) in [5.41, 5.74) is 7.25. The van der Waals surface area contributed by atoms with Gasteiger partial charge in [0.2, 0.25) is 0 Å². The van der Waals surface area contributed by atoms with Crippen LogP contribution in [-0.4, -0.2) is 4.98 Å². The molecule has 0 spiro atoms. The Morgan fingerprint density at radius 2 is 1.12 bits per heavy atom. The molecule has 0 radical (unpaired) electrons. The summed E-state index contributed by atoms with van der Waals surface area (Å²) in [5.74, 6) is 0. The number of hydrogen-bond acceptors (Lipinski definition) is 1. The van der Waals surface area contributed by atoms with Crippen molar-refractivity contribution in [3.05, 3.63) is 144 Å². The van der Waals surface area contributed by atoms with E-state index in [1.165, 1.54) is 53.9 Å². The second-order valence-electron chi connectivity index (χ2n) is 8.64. The molecule has 0 aliphatic carbocycles. The average Bonchev–Trinajstić information content (AvgIpc) is 3.25. The first-order chi connectivity index (χ1) is 16.4. The van der Waals surface area contributed by atoms with Gasteiger partial charge in [-0.25, -0.2) is 0 Å². The van der Waals surface area contributed by atoms with E-state index in [2.05, 4.69) is 126 Å². The molecule has 0 atom stereocenters. The maximum absolute atomic E-state index is 3.68. The van der Waals surface area contributed by atoms with Gasteiger partial charge >= 0.3 is 0 Å². The van der Waals surface area contributed by atoms with Crippen molar-refractivity contribution >= 4 is 33.6 Å². The molecule has 1 N–H and O–H groups in total. The number of rotatable bonds is 2. The molecule has 2 heterocycles. The fourth-order valence-electron chi connectivity index (χ4n) is 5.55. The van der Waals surface area contributed by atoms with Crippen molar-refractivity contribution in [1.82, 2.24) is 4.98 Å². The van der Waals surface area contributed by atoms with Gasteiger partial charge in [-0.15, -0.1) is 0 Å². The smallest absolute Gasteiger partial charge is 0.0724 e. The lowest BCUT2D eigenvalue weighted by molar-refractivity contribution is 0.704. The Morgan fingerprint density at radius 3 is 1.88 bits per heavy atom. The summed E-state index contributed by atoms with van der Waals surface area (Å²) >= 11 is 1.89. The van der Waals surface area contributed by atoms with Gasteiger partial charge in [0.25, 0.3) is 0 Å². The molecule has 1 nitrogen and oxygen atoms in total. The van der Waals surface area contributed by atoms with Crippen LogP contribution in [0.3, 0.4) is 0 Å². The molecule has 0 unspecified atom stereocenters. The van der Waals surface area contributed by atoms with Crippen LogP contribution in [0.1, 0.15) is 22.3 Å². The highest BCUT2D eigenvalue weighted by Gasteiger charge is 2.44. The molecular weight excluding hydrogens is 418 g/mol. The fraction of sp³-hybridized carbons (Fsp3) is 0.0323. The lowest BCUT2D eigenvalue weighted by Crippen LogP contribution is -2.34. The lowest BCUT2D eigenvalue weighted by atomic mass is 9.64. The minimum Gasteiger partial charge on any atom is -0.355 e. The third kappa shape index (κ3) is 2.62. The zero-order valence-corrected chi connectivity index (χ0v) is 18.8. The van der Waals surface area contributed by atoms with Gasteiger partial charge < -0.3 is 4.98 Å². The number of aromatic nitrogens is 1. The standard InChI is InChI=1S/C31H21NS/c1-3-11-21(12-4-1)31(22-13-5-2-6-14-22)25-16-8-10-18-29(25)33-30-19-24-23-15-7-9-17-27(23)32-28(24)20-26(30)31/h1-20,32H. The SMILES string of the molecule is c1ccc(C2(c3ccccc3)c3ccccc3Sc3cc4c(cc32)[nH]c2ccccc24)cc1. The van der Waals surface area contributed by atoms with Crippen molar-refractivity contribution in [3.8, 4) is 0 Å². The first-order valence-corrected chi connectivity index (χ1v) is 12.1. The van der Waals surface area contributed by atoms with Crippen LogP contribution in [-0.2, 0) is 5.41 Å². The van der Waals surface area contributed by atoms with E-state index < -0.39 is 0 Å². The topological polar surface area (TPSA) is 15.8 Å². The van der Waals surface area contributed by atoms with Crippen LogP contribution in [0, 0.1) is 0 Å². The molecule has 0 fully saturated rings. The Morgan fingerprint density at radius 1 is 0.485 bits per heavy atom. The molecular formula is C31H21NS. The normalized spacial score (nSPS) is 14.2. The Bertz CT molecular complexity index is 1590. The zero-order chi connectivity index (χ0) is 21.8. The van der Waals surface area contributed by atoms with Gasteiger partial charge in [0.05, 0.1) is 5.41 Å². The molecule has 0 bridgehead atoms. The van der Waals surface area contributed by atoms with Crippen LogP contribution in [0.15, 0.2) is 131 Å². The van der Waals surface area contributed by atoms with Crippen LogP contribution in [0.5, 0.6) is 0 Å². The van der Waals surface area contributed by atoms with Crippen molar-refractivity contribution in [3.63, 3.8) is 0 Å². The number of benzene rings is 5. The van der Waals surface area contributed by atoms with Crippen molar-refractivity contribution in [2.45, 2.75) is 15.2 Å². The average molecular weight is 440 g/mol. The first-order valence-electron chi connectivity index (χ1n) is 11.3. The van der Waals surface area contributed by atoms with Gasteiger partial charge in [-0.05, 0) is 46.5 Å². The highest BCUT2D eigenvalue weighted by molar-refractivity contribution is 7.99. The zero-order valence-electron chi connectivity index (χ0n) is 18.0. The molecule has 0 saturated carbocycles. The summed E-state index contributed by atoms with van der Waals surface area (Å²) < 4.78 is 0. The third-order valence-corrected chi connectivity index (χ3v) is 8.07. The predicted octanol–water partition coefficient (Wildman–Crippen LogP) is 8.17. The highest BCUT2D eigenvalue weighted by atomic mass is 32.2. The van der Waals surface area contributed by atoms with Gasteiger partial charge in [-0.3, -0.25) is 0 Å². The Labute approximate surface area is 197 Å². The minimum absolute atomic E-state index is 0.384. The van der Waals surface area contributed by atoms with Crippen LogP contribution in [0.4, 0.5) is 0 Å². The maximum atomic E-state index is 3.68. The van der Waals surface area contributed by atoms with Crippen LogP contribution < -0.4 is 0 Å². The quantitative estimate of drug-likeness (QED) is 0.287. The first kappa shape index (κ1) is 18.8. The predicted molar refractivity (Wildman–Crippen MR) is 138 cm³/mol. The van der Waals surface area contributed by atoms with Crippen LogP contribution in [0.2, 0.25) is 0 Å². The Hall–Kier alpha value is -3.75. The Kier molecular flexibility index (Phi) is 4.06. The molecule has 0 saturated heterocycles. The molecule has 156 valence electrons. The molecule has 2 heteroatoms. The van der Waals surface area contributed by atoms with Crippen molar-refractivity contribution < 1.29 is 0 Å². The summed E-state index contributed by atoms with van der Waals surface area (Å²) in [6, 6.07) is 44.2. The van der Waals surface area contributed by atoms with Crippen LogP contribution >= 0.6 is 11.8 Å². The lowest BCUT2D eigenvalue weighted by Gasteiger charge is -2.42. The Balaban J connectivity index is 1.67. The number of hydrogen-bond donors (Lipinski definition) is 1. The van der Waals surface area contributed by atoms with Gasteiger partial charge in [0.1, 0.15) is 0 Å². The molecule has 1 aromatic heterocycles. The summed E-state index contributed by atoms with van der Waals surface area (Å²) in [6.45, 7) is 0. The van der Waals surface area contributed by atoms with Gasteiger partial charge in [0.15, 0.2) is 0 Å². The number of fused-ring (bicyclic) bond motifs is 5. The summed E-state index contributed by atoms with van der Waals surface area (Å²) in [7, 11) is 0. The van der Waals surface area contributed by atoms with E-state index >= 15 is 0 Å². The largest absolute Gasteiger partial charge is 0.355 e. The van der Waals surface area contributed by atoms with Crippen LogP contribution in [0.25, 0.3) is 21.8 Å². The van der Waals surface area contributed by atoms with Gasteiger partial charge in [-0.2, -0.15) is 0 Å². The van der Waals surface area contributed by atoms with Gasteiger partial charge in [0, 0.05) is 31.6 Å². The monoisotopic (exact) mass is 439 g/mol. The van der Waals surface area contributed by atoms with E-state index in [0.29, 0.717) is 0 Å². The summed E-state index contributed by atoms with van der Waals surface area (Å²) in [6.07, 6.45) is 0. The number of H-pyrrole nitrogens is 1. The summed E-state index contributed by atoms with van der Waals surface area (Å²) in [4.78, 5) is 6.32. The second-order valence-corrected chi connectivity index (χ2v) is 9.73. The van der Waals surface area contributed by atoms with E-state index in [-0.39, 0.29) is 5.41 Å². The number of nitrogens with one attached hydrogen (secondary N) is 1. The van der Waals surface area contributed by atoms with E-state index in [0.717, 1.165) is 0 Å². The second kappa shape index (κ2) is 7.13. The molecule has 1 aliphatic heterocycles. The van der Waals surface area contributed by atoms with Gasteiger partial charge in [-0.1, -0.05) is 109 Å². The van der Waals surface area contributed by atoms with Crippen molar-refractivity contribution in [2.24, 2.45) is 0 Å². The van der Waals surface area contributed by atoms with Crippen molar-refractivity contribution in [2.75, 3.05) is 0 Å². The van der Waals surface area contributed by atoms with E-state index in [1.54, 1.807) is 0 Å². The molecule has 0 amide bonds. The number of para-hydroxylation sites is 1. The molecule has 33 heavy (non-hydrogen) atoms. The molecule has 1 aliphatic rings. The maximum Gasteiger partial charge on any atom is 0.0724 e. The molecule has 6 aromatic rings. The molecule has 5 aromatic carbocycles.